The Labute approximate surface area is 166 Å². The first-order valence-corrected chi connectivity index (χ1v) is 10.8. The number of hydrogen-bond acceptors (Lipinski definition) is 7. The van der Waals surface area contributed by atoms with Crippen LogP contribution in [0.3, 0.4) is 0 Å². The summed E-state index contributed by atoms with van der Waals surface area (Å²) < 4.78 is 33.5. The number of carbonyl (C=O) groups excluding carboxylic acids is 2. The van der Waals surface area contributed by atoms with E-state index in [0.29, 0.717) is 28.8 Å². The van der Waals surface area contributed by atoms with Crippen LogP contribution in [0.25, 0.3) is 22.4 Å². The molecule has 1 aliphatic rings. The van der Waals surface area contributed by atoms with Crippen LogP contribution in [-0.4, -0.2) is 49.4 Å². The van der Waals surface area contributed by atoms with E-state index < -0.39 is 34.4 Å². The fourth-order valence-corrected chi connectivity index (χ4v) is 4.96. The standard InChI is InChI=1S/C20H18N2O6S/c23-19(21-13-7-9-29(25,26)12-13)11-28-20(24)15-10-17(18-6-3-8-27-18)22-16-5-2-1-4-14(15)16/h1-6,8,10,13H,7,9,11-12H2,(H,21,23)/t13-/m1/s1. The van der Waals surface area contributed by atoms with E-state index in [-0.39, 0.29) is 17.1 Å². The number of benzene rings is 1. The SMILES string of the molecule is O=C(COC(=O)c1cc(-c2ccco2)nc2ccccc12)N[C@@H]1CCS(=O)(=O)C1. The number of nitrogens with one attached hydrogen (secondary N) is 1. The maximum atomic E-state index is 12.7. The van der Waals surface area contributed by atoms with E-state index in [2.05, 4.69) is 10.3 Å². The van der Waals surface area contributed by atoms with Gasteiger partial charge in [0.05, 0.1) is 28.8 Å². The summed E-state index contributed by atoms with van der Waals surface area (Å²) in [7, 11) is -3.10. The van der Waals surface area contributed by atoms with Gasteiger partial charge in [0.2, 0.25) is 0 Å². The number of amides is 1. The van der Waals surface area contributed by atoms with E-state index in [1.54, 1.807) is 42.5 Å². The van der Waals surface area contributed by atoms with Crippen molar-refractivity contribution in [2.24, 2.45) is 0 Å². The number of aromatic nitrogens is 1. The minimum atomic E-state index is -3.10. The minimum Gasteiger partial charge on any atom is -0.463 e. The molecular weight excluding hydrogens is 396 g/mol. The second-order valence-electron chi connectivity index (χ2n) is 6.79. The molecule has 0 unspecified atom stereocenters. The Morgan fingerprint density at radius 3 is 2.76 bits per heavy atom. The number of nitrogens with zero attached hydrogens (tertiary/aromatic N) is 1. The summed E-state index contributed by atoms with van der Waals surface area (Å²) in [5.41, 5.74) is 1.33. The number of rotatable bonds is 5. The van der Waals surface area contributed by atoms with Crippen molar-refractivity contribution in [2.45, 2.75) is 12.5 Å². The number of fused-ring (bicyclic) bond motifs is 1. The van der Waals surface area contributed by atoms with Crippen molar-refractivity contribution in [3.63, 3.8) is 0 Å². The lowest BCUT2D eigenvalue weighted by atomic mass is 10.1. The van der Waals surface area contributed by atoms with E-state index >= 15 is 0 Å². The molecule has 1 aliphatic heterocycles. The molecule has 0 bridgehead atoms. The van der Waals surface area contributed by atoms with Gasteiger partial charge >= 0.3 is 5.97 Å². The molecule has 3 aromatic rings. The number of hydrogen-bond donors (Lipinski definition) is 1. The molecule has 1 fully saturated rings. The molecule has 3 heterocycles. The summed E-state index contributed by atoms with van der Waals surface area (Å²) in [6, 6.07) is 11.7. The van der Waals surface area contributed by atoms with Crippen LogP contribution in [0.15, 0.2) is 53.1 Å². The molecule has 150 valence electrons. The smallest absolute Gasteiger partial charge is 0.339 e. The normalized spacial score (nSPS) is 17.9. The van der Waals surface area contributed by atoms with Crippen molar-refractivity contribution in [1.82, 2.24) is 10.3 Å². The highest BCUT2D eigenvalue weighted by Crippen LogP contribution is 2.25. The van der Waals surface area contributed by atoms with Gasteiger partial charge in [0.25, 0.3) is 5.91 Å². The zero-order valence-electron chi connectivity index (χ0n) is 15.3. The number of sulfone groups is 1. The van der Waals surface area contributed by atoms with E-state index in [1.165, 1.54) is 6.26 Å². The third-order valence-electron chi connectivity index (χ3n) is 4.64. The van der Waals surface area contributed by atoms with Crippen molar-refractivity contribution in [2.75, 3.05) is 18.1 Å². The molecule has 1 aromatic carbocycles. The highest BCUT2D eigenvalue weighted by Gasteiger charge is 2.29. The Kier molecular flexibility index (Phi) is 5.06. The quantitative estimate of drug-likeness (QED) is 0.635. The molecule has 1 amide bonds. The maximum Gasteiger partial charge on any atom is 0.339 e. The fourth-order valence-electron chi connectivity index (χ4n) is 3.28. The largest absolute Gasteiger partial charge is 0.463 e. The van der Waals surface area contributed by atoms with E-state index in [4.69, 9.17) is 9.15 Å². The lowest BCUT2D eigenvalue weighted by Gasteiger charge is -2.12. The molecule has 0 saturated carbocycles. The molecule has 0 aliphatic carbocycles. The Bertz CT molecular complexity index is 1170. The Morgan fingerprint density at radius 1 is 1.21 bits per heavy atom. The lowest BCUT2D eigenvalue weighted by molar-refractivity contribution is -0.124. The van der Waals surface area contributed by atoms with Gasteiger partial charge in [-0.3, -0.25) is 4.79 Å². The second kappa shape index (κ2) is 7.67. The molecule has 9 heteroatoms. The monoisotopic (exact) mass is 414 g/mol. The summed E-state index contributed by atoms with van der Waals surface area (Å²) >= 11 is 0. The number of furan rings is 1. The van der Waals surface area contributed by atoms with Gasteiger partial charge in [0.15, 0.2) is 22.2 Å². The topological polar surface area (TPSA) is 116 Å². The average Bonchev–Trinajstić information content (AvgIpc) is 3.35. The van der Waals surface area contributed by atoms with Crippen LogP contribution in [0.2, 0.25) is 0 Å². The number of para-hydroxylation sites is 1. The molecule has 1 N–H and O–H groups in total. The average molecular weight is 414 g/mol. The predicted molar refractivity (Wildman–Crippen MR) is 105 cm³/mol. The molecule has 8 nitrogen and oxygen atoms in total. The van der Waals surface area contributed by atoms with Gasteiger partial charge in [0, 0.05) is 11.4 Å². The van der Waals surface area contributed by atoms with Crippen LogP contribution in [0.1, 0.15) is 16.8 Å². The summed E-state index contributed by atoms with van der Waals surface area (Å²) in [6.07, 6.45) is 1.88. The van der Waals surface area contributed by atoms with Gasteiger partial charge < -0.3 is 14.5 Å². The first kappa shape index (κ1) is 19.1. The highest BCUT2D eigenvalue weighted by molar-refractivity contribution is 7.91. The Balaban J connectivity index is 1.50. The van der Waals surface area contributed by atoms with E-state index in [9.17, 15) is 18.0 Å². The van der Waals surface area contributed by atoms with Crippen LogP contribution in [0.5, 0.6) is 0 Å². The van der Waals surface area contributed by atoms with Crippen molar-refractivity contribution in [1.29, 1.82) is 0 Å². The predicted octanol–water partition coefficient (Wildman–Crippen LogP) is 1.95. The number of pyridine rings is 1. The van der Waals surface area contributed by atoms with Crippen LogP contribution in [-0.2, 0) is 19.4 Å². The van der Waals surface area contributed by atoms with Gasteiger partial charge in [-0.05, 0) is 30.7 Å². The number of ether oxygens (including phenoxy) is 1. The van der Waals surface area contributed by atoms with E-state index in [0.717, 1.165) is 0 Å². The molecule has 29 heavy (non-hydrogen) atoms. The molecule has 4 rings (SSSR count). The van der Waals surface area contributed by atoms with Crippen molar-refractivity contribution in [3.8, 4) is 11.5 Å². The summed E-state index contributed by atoms with van der Waals surface area (Å²) in [5, 5.41) is 3.18. The molecule has 1 saturated heterocycles. The van der Waals surface area contributed by atoms with E-state index in [1.807, 2.05) is 0 Å². The van der Waals surface area contributed by atoms with Crippen LogP contribution >= 0.6 is 0 Å². The maximum absolute atomic E-state index is 12.7. The van der Waals surface area contributed by atoms with Crippen molar-refractivity contribution >= 4 is 32.6 Å². The molecular formula is C20H18N2O6S. The summed E-state index contributed by atoms with van der Waals surface area (Å²) in [5.74, 6) is -0.745. The summed E-state index contributed by atoms with van der Waals surface area (Å²) in [4.78, 5) is 29.2. The molecule has 2 aromatic heterocycles. The van der Waals surface area contributed by atoms with Gasteiger partial charge in [-0.25, -0.2) is 18.2 Å². The number of esters is 1. The van der Waals surface area contributed by atoms with Crippen LogP contribution in [0, 0.1) is 0 Å². The fraction of sp³-hybridized carbons (Fsp3) is 0.250. The Hall–Kier alpha value is -3.20. The first-order chi connectivity index (χ1) is 13.9. The third-order valence-corrected chi connectivity index (χ3v) is 6.41. The summed E-state index contributed by atoms with van der Waals surface area (Å²) in [6.45, 7) is -0.498. The van der Waals surface area contributed by atoms with Crippen molar-refractivity contribution in [3.05, 3.63) is 54.3 Å². The lowest BCUT2D eigenvalue weighted by Crippen LogP contribution is -2.38. The number of carbonyl (C=O) groups is 2. The van der Waals surface area contributed by atoms with Gasteiger partial charge in [0.1, 0.15) is 5.69 Å². The first-order valence-electron chi connectivity index (χ1n) is 9.02. The third kappa shape index (κ3) is 4.29. The molecule has 0 spiro atoms. The molecule has 1 atom stereocenters. The van der Waals surface area contributed by atoms with Gasteiger partial charge in [-0.2, -0.15) is 0 Å². The van der Waals surface area contributed by atoms with Crippen LogP contribution < -0.4 is 5.32 Å². The van der Waals surface area contributed by atoms with Crippen molar-refractivity contribution < 1.29 is 27.2 Å². The van der Waals surface area contributed by atoms with Gasteiger partial charge in [-0.1, -0.05) is 18.2 Å². The zero-order chi connectivity index (χ0) is 20.4. The molecule has 0 radical (unpaired) electrons. The van der Waals surface area contributed by atoms with Gasteiger partial charge in [-0.15, -0.1) is 0 Å². The zero-order valence-corrected chi connectivity index (χ0v) is 16.1. The second-order valence-corrected chi connectivity index (χ2v) is 9.02. The minimum absolute atomic E-state index is 0.0519. The highest BCUT2D eigenvalue weighted by atomic mass is 32.2. The van der Waals surface area contributed by atoms with Crippen LogP contribution in [0.4, 0.5) is 0 Å². The Morgan fingerprint density at radius 2 is 2.03 bits per heavy atom.